The number of aromatic nitrogens is 1. The zero-order valence-corrected chi connectivity index (χ0v) is 9.43. The Hall–Kier alpha value is -1.30. The molecule has 16 heavy (non-hydrogen) atoms. The van der Waals surface area contributed by atoms with Gasteiger partial charge in [-0.2, -0.15) is 13.2 Å². The van der Waals surface area contributed by atoms with Crippen LogP contribution in [0.3, 0.4) is 0 Å². The van der Waals surface area contributed by atoms with Gasteiger partial charge in [0.2, 0.25) is 0 Å². The van der Waals surface area contributed by atoms with Gasteiger partial charge in [-0.3, -0.25) is 0 Å². The Kier molecular flexibility index (Phi) is 2.53. The fourth-order valence-electron chi connectivity index (χ4n) is 1.49. The predicted molar refractivity (Wildman–Crippen MR) is 58.9 cm³/mol. The van der Waals surface area contributed by atoms with Gasteiger partial charge in [0, 0.05) is 21.4 Å². The molecule has 0 saturated carbocycles. The SMILES string of the molecule is Nc1ncc(C(F)(F)F)c2c(Br)cccc12. The molecule has 2 N–H and O–H groups in total. The summed E-state index contributed by atoms with van der Waals surface area (Å²) in [5.74, 6) is 0.0873. The molecule has 0 spiro atoms. The van der Waals surface area contributed by atoms with E-state index >= 15 is 0 Å². The summed E-state index contributed by atoms with van der Waals surface area (Å²) in [5, 5.41) is 0.340. The average molecular weight is 291 g/mol. The summed E-state index contributed by atoms with van der Waals surface area (Å²) in [7, 11) is 0. The van der Waals surface area contributed by atoms with Crippen molar-refractivity contribution in [3.8, 4) is 0 Å². The second kappa shape index (κ2) is 3.62. The molecular formula is C10H6BrF3N2. The smallest absolute Gasteiger partial charge is 0.383 e. The van der Waals surface area contributed by atoms with Crippen LogP contribution in [0.4, 0.5) is 19.0 Å². The van der Waals surface area contributed by atoms with Gasteiger partial charge in [-0.15, -0.1) is 0 Å². The van der Waals surface area contributed by atoms with Crippen LogP contribution in [0.5, 0.6) is 0 Å². The molecule has 2 nitrogen and oxygen atoms in total. The number of anilines is 1. The molecule has 0 unspecified atom stereocenters. The third-order valence-corrected chi connectivity index (χ3v) is 2.86. The number of alkyl halides is 3. The van der Waals surface area contributed by atoms with E-state index in [0.717, 1.165) is 6.20 Å². The number of pyridine rings is 1. The van der Waals surface area contributed by atoms with Crippen molar-refractivity contribution in [1.82, 2.24) is 4.98 Å². The largest absolute Gasteiger partial charge is 0.418 e. The number of hydrogen-bond donors (Lipinski definition) is 1. The lowest BCUT2D eigenvalue weighted by Gasteiger charge is -2.12. The van der Waals surface area contributed by atoms with Crippen LogP contribution in [0, 0.1) is 0 Å². The molecule has 1 aromatic carbocycles. The monoisotopic (exact) mass is 290 g/mol. The van der Waals surface area contributed by atoms with E-state index in [2.05, 4.69) is 20.9 Å². The summed E-state index contributed by atoms with van der Waals surface area (Å²) in [5.41, 5.74) is 4.75. The van der Waals surface area contributed by atoms with Crippen molar-refractivity contribution in [1.29, 1.82) is 0 Å². The van der Waals surface area contributed by atoms with Crippen molar-refractivity contribution < 1.29 is 13.2 Å². The Labute approximate surface area is 97.4 Å². The van der Waals surface area contributed by atoms with Crippen molar-refractivity contribution in [2.24, 2.45) is 0 Å². The van der Waals surface area contributed by atoms with Crippen LogP contribution in [-0.4, -0.2) is 4.98 Å². The molecule has 0 saturated heterocycles. The molecule has 0 bridgehead atoms. The number of rotatable bonds is 0. The van der Waals surface area contributed by atoms with E-state index in [4.69, 9.17) is 5.73 Å². The van der Waals surface area contributed by atoms with Crippen molar-refractivity contribution in [3.63, 3.8) is 0 Å². The summed E-state index contributed by atoms with van der Waals surface area (Å²) < 4.78 is 38.5. The summed E-state index contributed by atoms with van der Waals surface area (Å²) in [6.07, 6.45) is -3.69. The Bertz CT molecular complexity index is 551. The summed E-state index contributed by atoms with van der Waals surface area (Å²) in [6.45, 7) is 0. The topological polar surface area (TPSA) is 38.9 Å². The molecule has 0 amide bonds. The van der Waals surface area contributed by atoms with Gasteiger partial charge in [0.05, 0.1) is 5.56 Å². The van der Waals surface area contributed by atoms with Gasteiger partial charge in [-0.25, -0.2) is 4.98 Å². The standard InChI is InChI=1S/C10H6BrF3N2/c11-7-3-1-2-5-8(7)6(10(12,13)14)4-16-9(5)15/h1-4H,(H2,15,16). The molecule has 6 heteroatoms. The molecular weight excluding hydrogens is 285 g/mol. The Balaban J connectivity index is 2.92. The van der Waals surface area contributed by atoms with Crippen LogP contribution in [-0.2, 0) is 6.18 Å². The molecule has 0 fully saturated rings. The molecule has 2 rings (SSSR count). The van der Waals surface area contributed by atoms with E-state index in [0.29, 0.717) is 9.86 Å². The lowest BCUT2D eigenvalue weighted by Crippen LogP contribution is -2.08. The second-order valence-electron chi connectivity index (χ2n) is 3.22. The van der Waals surface area contributed by atoms with E-state index in [1.807, 2.05) is 0 Å². The first kappa shape index (κ1) is 11.2. The van der Waals surface area contributed by atoms with Gasteiger partial charge in [0.15, 0.2) is 0 Å². The minimum atomic E-state index is -4.44. The molecule has 0 aliphatic carbocycles. The molecule has 1 heterocycles. The van der Waals surface area contributed by atoms with Crippen LogP contribution < -0.4 is 5.73 Å². The molecule has 0 radical (unpaired) electrons. The van der Waals surface area contributed by atoms with E-state index in [1.165, 1.54) is 12.1 Å². The van der Waals surface area contributed by atoms with Gasteiger partial charge in [0.1, 0.15) is 5.82 Å². The van der Waals surface area contributed by atoms with E-state index in [9.17, 15) is 13.2 Å². The normalized spacial score (nSPS) is 12.0. The van der Waals surface area contributed by atoms with Crippen LogP contribution in [0.1, 0.15) is 5.56 Å². The number of hydrogen-bond acceptors (Lipinski definition) is 2. The quantitative estimate of drug-likeness (QED) is 0.805. The number of benzene rings is 1. The second-order valence-corrected chi connectivity index (χ2v) is 4.07. The third kappa shape index (κ3) is 1.73. The summed E-state index contributed by atoms with van der Waals surface area (Å²) >= 11 is 3.09. The van der Waals surface area contributed by atoms with Gasteiger partial charge < -0.3 is 5.73 Å². The highest BCUT2D eigenvalue weighted by Crippen LogP contribution is 2.38. The lowest BCUT2D eigenvalue weighted by atomic mass is 10.1. The molecule has 84 valence electrons. The van der Waals surface area contributed by atoms with Crippen LogP contribution in [0.15, 0.2) is 28.9 Å². The first-order valence-electron chi connectivity index (χ1n) is 4.31. The molecule has 0 aliphatic rings. The zero-order valence-electron chi connectivity index (χ0n) is 7.85. The molecule has 1 aromatic heterocycles. The first-order chi connectivity index (χ1) is 7.41. The summed E-state index contributed by atoms with van der Waals surface area (Å²) in [4.78, 5) is 3.55. The van der Waals surface area contributed by atoms with Crippen LogP contribution in [0.25, 0.3) is 10.8 Å². The van der Waals surface area contributed by atoms with E-state index in [1.54, 1.807) is 6.07 Å². The summed E-state index contributed by atoms with van der Waals surface area (Å²) in [6, 6.07) is 4.67. The highest BCUT2D eigenvalue weighted by molar-refractivity contribution is 9.10. The number of nitrogen functional groups attached to an aromatic ring is 1. The van der Waals surface area contributed by atoms with Gasteiger partial charge in [0.25, 0.3) is 0 Å². The molecule has 0 atom stereocenters. The lowest BCUT2D eigenvalue weighted by molar-refractivity contribution is -0.136. The van der Waals surface area contributed by atoms with Crippen LogP contribution >= 0.6 is 15.9 Å². The Morgan fingerprint density at radius 1 is 1.25 bits per heavy atom. The highest BCUT2D eigenvalue weighted by atomic mass is 79.9. The van der Waals surface area contributed by atoms with E-state index < -0.39 is 11.7 Å². The highest BCUT2D eigenvalue weighted by Gasteiger charge is 2.34. The average Bonchev–Trinajstić information content (AvgIpc) is 2.18. The third-order valence-electron chi connectivity index (χ3n) is 2.20. The van der Waals surface area contributed by atoms with Gasteiger partial charge in [-0.05, 0) is 6.07 Å². The maximum absolute atomic E-state index is 12.7. The fourth-order valence-corrected chi connectivity index (χ4v) is 2.07. The van der Waals surface area contributed by atoms with Crippen molar-refractivity contribution in [2.45, 2.75) is 6.18 Å². The molecule has 0 aliphatic heterocycles. The van der Waals surface area contributed by atoms with E-state index in [-0.39, 0.29) is 11.2 Å². The van der Waals surface area contributed by atoms with Gasteiger partial charge >= 0.3 is 6.18 Å². The number of fused-ring (bicyclic) bond motifs is 1. The maximum atomic E-state index is 12.7. The first-order valence-corrected chi connectivity index (χ1v) is 5.10. The minimum Gasteiger partial charge on any atom is -0.383 e. The van der Waals surface area contributed by atoms with Crippen molar-refractivity contribution in [2.75, 3.05) is 5.73 Å². The predicted octanol–water partition coefficient (Wildman–Crippen LogP) is 3.60. The van der Waals surface area contributed by atoms with Crippen molar-refractivity contribution >= 4 is 32.5 Å². The minimum absolute atomic E-state index is 0.0440. The zero-order chi connectivity index (χ0) is 11.9. The van der Waals surface area contributed by atoms with Crippen molar-refractivity contribution in [3.05, 3.63) is 34.4 Å². The number of nitrogens with zero attached hydrogens (tertiary/aromatic N) is 1. The fraction of sp³-hybridized carbons (Fsp3) is 0.100. The molecule has 2 aromatic rings. The number of nitrogens with two attached hydrogens (primary N) is 1. The Morgan fingerprint density at radius 3 is 2.56 bits per heavy atom. The number of halogens is 4. The maximum Gasteiger partial charge on any atom is 0.418 e. The van der Waals surface area contributed by atoms with Gasteiger partial charge in [-0.1, -0.05) is 28.1 Å². The van der Waals surface area contributed by atoms with Crippen LogP contribution in [0.2, 0.25) is 0 Å². The Morgan fingerprint density at radius 2 is 1.94 bits per heavy atom.